The smallest absolute Gasteiger partial charge is 0.253 e. The van der Waals surface area contributed by atoms with Gasteiger partial charge >= 0.3 is 0 Å². The molecule has 0 aliphatic carbocycles. The van der Waals surface area contributed by atoms with Crippen LogP contribution in [0.5, 0.6) is 0 Å². The lowest BCUT2D eigenvalue weighted by molar-refractivity contribution is -0.117. The number of aliphatic hydroxyl groups is 1. The van der Waals surface area contributed by atoms with Gasteiger partial charge < -0.3 is 15.7 Å². The molecule has 1 unspecified atom stereocenters. The molecule has 3 rings (SSSR count). The number of amides is 2. The van der Waals surface area contributed by atoms with Crippen molar-refractivity contribution < 1.29 is 14.7 Å². The molecule has 6 heteroatoms. The molecule has 1 aliphatic rings. The highest BCUT2D eigenvalue weighted by molar-refractivity contribution is 6.04. The molecule has 1 atom stereocenters. The minimum atomic E-state index is -0.464. The van der Waals surface area contributed by atoms with E-state index in [2.05, 4.69) is 15.5 Å². The molecular weight excluding hydrogens is 390 g/mol. The fourth-order valence-electron chi connectivity index (χ4n) is 3.92. The molecule has 0 aromatic heterocycles. The Bertz CT molecular complexity index is 861. The molecular formula is C25H33N3O3. The van der Waals surface area contributed by atoms with E-state index in [0.717, 1.165) is 31.5 Å². The van der Waals surface area contributed by atoms with Crippen molar-refractivity contribution in [3.05, 3.63) is 65.7 Å². The lowest BCUT2D eigenvalue weighted by Crippen LogP contribution is -2.40. The number of para-hydroxylation sites is 1. The second-order valence-corrected chi connectivity index (χ2v) is 8.67. The zero-order valence-electron chi connectivity index (χ0n) is 18.4. The van der Waals surface area contributed by atoms with Crippen LogP contribution in [0.1, 0.15) is 48.7 Å². The van der Waals surface area contributed by atoms with Crippen molar-refractivity contribution in [3.63, 3.8) is 0 Å². The molecule has 3 N–H and O–H groups in total. The number of carbonyl (C=O) groups excluding carboxylic acids is 2. The Morgan fingerprint density at radius 2 is 1.68 bits per heavy atom. The summed E-state index contributed by atoms with van der Waals surface area (Å²) in [5.74, 6) is 0.243. The predicted molar refractivity (Wildman–Crippen MR) is 123 cm³/mol. The van der Waals surface area contributed by atoms with Crippen LogP contribution in [0.15, 0.2) is 54.6 Å². The maximum atomic E-state index is 12.6. The summed E-state index contributed by atoms with van der Waals surface area (Å²) >= 11 is 0. The van der Waals surface area contributed by atoms with Crippen LogP contribution < -0.4 is 10.6 Å². The van der Waals surface area contributed by atoms with Crippen LogP contribution >= 0.6 is 0 Å². The van der Waals surface area contributed by atoms with E-state index >= 15 is 0 Å². The van der Waals surface area contributed by atoms with E-state index in [0.29, 0.717) is 23.7 Å². The molecule has 0 bridgehead atoms. The van der Waals surface area contributed by atoms with E-state index in [-0.39, 0.29) is 24.3 Å². The summed E-state index contributed by atoms with van der Waals surface area (Å²) in [5.41, 5.74) is 1.95. The van der Waals surface area contributed by atoms with Gasteiger partial charge in [0.15, 0.2) is 0 Å². The Morgan fingerprint density at radius 3 is 2.35 bits per heavy atom. The van der Waals surface area contributed by atoms with Gasteiger partial charge in [0.25, 0.3) is 5.91 Å². The van der Waals surface area contributed by atoms with E-state index in [1.807, 2.05) is 50.2 Å². The maximum absolute atomic E-state index is 12.6. The highest BCUT2D eigenvalue weighted by Crippen LogP contribution is 2.30. The van der Waals surface area contributed by atoms with Gasteiger partial charge in [-0.05, 0) is 55.5 Å². The molecule has 1 heterocycles. The van der Waals surface area contributed by atoms with E-state index in [4.69, 9.17) is 0 Å². The van der Waals surface area contributed by atoms with Gasteiger partial charge in [0.2, 0.25) is 5.91 Å². The van der Waals surface area contributed by atoms with E-state index < -0.39 is 6.10 Å². The molecule has 166 valence electrons. The first-order valence-electron chi connectivity index (χ1n) is 11.1. The number of nitrogens with zero attached hydrogens (tertiary/aromatic N) is 1. The molecule has 0 saturated carbocycles. The molecule has 1 fully saturated rings. The normalized spacial score (nSPS) is 16.1. The number of aliphatic hydroxyl groups excluding tert-OH is 1. The lowest BCUT2D eigenvalue weighted by Gasteiger charge is -2.34. The summed E-state index contributed by atoms with van der Waals surface area (Å²) in [7, 11) is 0. The molecule has 2 amide bonds. The third-order valence-corrected chi connectivity index (χ3v) is 5.70. The summed E-state index contributed by atoms with van der Waals surface area (Å²) in [5, 5.41) is 16.4. The van der Waals surface area contributed by atoms with Crippen LogP contribution in [-0.4, -0.2) is 48.0 Å². The van der Waals surface area contributed by atoms with Gasteiger partial charge in [-0.2, -0.15) is 0 Å². The number of nitrogens with one attached hydrogen (secondary N) is 2. The molecule has 31 heavy (non-hydrogen) atoms. The lowest BCUT2D eigenvalue weighted by atomic mass is 9.87. The van der Waals surface area contributed by atoms with Crippen LogP contribution in [-0.2, 0) is 4.79 Å². The first-order valence-corrected chi connectivity index (χ1v) is 11.1. The number of carbonyl (C=O) groups is 2. The number of hydrogen-bond acceptors (Lipinski definition) is 4. The zero-order valence-corrected chi connectivity index (χ0v) is 18.4. The van der Waals surface area contributed by atoms with Crippen molar-refractivity contribution in [2.45, 2.75) is 32.8 Å². The van der Waals surface area contributed by atoms with Crippen LogP contribution in [0.25, 0.3) is 0 Å². The van der Waals surface area contributed by atoms with Gasteiger partial charge in [-0.3, -0.25) is 14.5 Å². The average molecular weight is 424 g/mol. The van der Waals surface area contributed by atoms with E-state index in [1.165, 1.54) is 0 Å². The SMILES string of the molecule is CC(C)CNC(=O)c1ccccc1NC(=O)CN1CCC(C(O)c2ccccc2)CC1. The third kappa shape index (κ3) is 6.64. The van der Waals surface area contributed by atoms with Crippen molar-refractivity contribution in [2.24, 2.45) is 11.8 Å². The molecule has 0 radical (unpaired) electrons. The van der Waals surface area contributed by atoms with Gasteiger partial charge in [-0.1, -0.05) is 56.3 Å². The summed E-state index contributed by atoms with van der Waals surface area (Å²) in [6, 6.07) is 16.8. The predicted octanol–water partition coefficient (Wildman–Crippen LogP) is 3.46. The fourth-order valence-corrected chi connectivity index (χ4v) is 3.92. The number of likely N-dealkylation sites (tertiary alicyclic amines) is 1. The summed E-state index contributed by atoms with van der Waals surface area (Å²) in [6.07, 6.45) is 1.23. The zero-order chi connectivity index (χ0) is 22.2. The van der Waals surface area contributed by atoms with Crippen molar-refractivity contribution in [3.8, 4) is 0 Å². The van der Waals surface area contributed by atoms with Crippen molar-refractivity contribution >= 4 is 17.5 Å². The number of benzene rings is 2. The van der Waals surface area contributed by atoms with Crippen LogP contribution in [0.2, 0.25) is 0 Å². The minimum Gasteiger partial charge on any atom is -0.388 e. The fraction of sp³-hybridized carbons (Fsp3) is 0.440. The van der Waals surface area contributed by atoms with Crippen molar-refractivity contribution in [1.29, 1.82) is 0 Å². The third-order valence-electron chi connectivity index (χ3n) is 5.70. The first kappa shape index (κ1) is 23.0. The molecule has 6 nitrogen and oxygen atoms in total. The summed E-state index contributed by atoms with van der Waals surface area (Å²) in [4.78, 5) is 27.2. The quantitative estimate of drug-likeness (QED) is 0.607. The molecule has 2 aromatic carbocycles. The minimum absolute atomic E-state index is 0.133. The van der Waals surface area contributed by atoms with E-state index in [9.17, 15) is 14.7 Å². The Morgan fingerprint density at radius 1 is 1.03 bits per heavy atom. The highest BCUT2D eigenvalue weighted by Gasteiger charge is 2.27. The van der Waals surface area contributed by atoms with Crippen LogP contribution in [0.3, 0.4) is 0 Å². The molecule has 1 saturated heterocycles. The second-order valence-electron chi connectivity index (χ2n) is 8.67. The molecule has 1 aliphatic heterocycles. The number of rotatable bonds is 8. The standard InChI is InChI=1S/C25H33N3O3/c1-18(2)16-26-25(31)21-10-6-7-11-22(21)27-23(29)17-28-14-12-20(13-15-28)24(30)19-8-4-3-5-9-19/h3-11,18,20,24,30H,12-17H2,1-2H3,(H,26,31)(H,27,29). The van der Waals surface area contributed by atoms with Crippen LogP contribution in [0, 0.1) is 11.8 Å². The Labute approximate surface area is 184 Å². The number of hydrogen-bond donors (Lipinski definition) is 3. The van der Waals surface area contributed by atoms with Crippen LogP contribution in [0.4, 0.5) is 5.69 Å². The van der Waals surface area contributed by atoms with Crippen molar-refractivity contribution in [1.82, 2.24) is 10.2 Å². The second kappa shape index (κ2) is 11.1. The Kier molecular flexibility index (Phi) is 8.20. The van der Waals surface area contributed by atoms with Gasteiger partial charge in [0, 0.05) is 6.54 Å². The summed E-state index contributed by atoms with van der Waals surface area (Å²) < 4.78 is 0. The highest BCUT2D eigenvalue weighted by atomic mass is 16.3. The average Bonchev–Trinajstić information content (AvgIpc) is 2.78. The van der Waals surface area contributed by atoms with Gasteiger partial charge in [0.1, 0.15) is 0 Å². The van der Waals surface area contributed by atoms with Gasteiger partial charge in [0.05, 0.1) is 23.9 Å². The largest absolute Gasteiger partial charge is 0.388 e. The van der Waals surface area contributed by atoms with Gasteiger partial charge in [-0.25, -0.2) is 0 Å². The molecule has 0 spiro atoms. The Balaban J connectivity index is 1.50. The maximum Gasteiger partial charge on any atom is 0.253 e. The number of anilines is 1. The first-order chi connectivity index (χ1) is 14.9. The monoisotopic (exact) mass is 423 g/mol. The topological polar surface area (TPSA) is 81.7 Å². The molecule has 2 aromatic rings. The van der Waals surface area contributed by atoms with Gasteiger partial charge in [-0.15, -0.1) is 0 Å². The summed E-state index contributed by atoms with van der Waals surface area (Å²) in [6.45, 7) is 6.46. The van der Waals surface area contributed by atoms with E-state index in [1.54, 1.807) is 18.2 Å². The Hall–Kier alpha value is -2.70. The number of piperidine rings is 1. The van der Waals surface area contributed by atoms with Crippen molar-refractivity contribution in [2.75, 3.05) is 31.5 Å².